The topological polar surface area (TPSA) is 93.4 Å². The second-order valence-corrected chi connectivity index (χ2v) is 5.05. The van der Waals surface area contributed by atoms with Crippen molar-refractivity contribution < 1.29 is 15.0 Å². The average molecular weight is 276 g/mol. The summed E-state index contributed by atoms with van der Waals surface area (Å²) in [5.74, 6) is -1.12. The van der Waals surface area contributed by atoms with Gasteiger partial charge in [-0.2, -0.15) is 5.26 Å². The number of nitriles is 1. The molecule has 0 amide bonds. The van der Waals surface area contributed by atoms with E-state index < -0.39 is 18.1 Å². The number of carboxylic acid groups (broad SMARTS) is 1. The summed E-state index contributed by atoms with van der Waals surface area (Å²) in [5, 5.41) is 33.0. The molecule has 0 saturated carbocycles. The quantitative estimate of drug-likeness (QED) is 0.794. The monoisotopic (exact) mass is 276 g/mol. The number of fused-ring (bicyclic) bond motifs is 1. The van der Waals surface area contributed by atoms with E-state index in [1.807, 2.05) is 11.4 Å². The highest BCUT2D eigenvalue weighted by atomic mass is 32.1. The van der Waals surface area contributed by atoms with Gasteiger partial charge in [-0.15, -0.1) is 11.3 Å². The van der Waals surface area contributed by atoms with Gasteiger partial charge in [-0.25, -0.2) is 4.79 Å². The summed E-state index contributed by atoms with van der Waals surface area (Å²) in [4.78, 5) is 11.1. The van der Waals surface area contributed by atoms with Crippen molar-refractivity contribution in [2.24, 2.45) is 0 Å². The van der Waals surface area contributed by atoms with Crippen molar-refractivity contribution in [3.8, 4) is 6.07 Å². The molecule has 2 atom stereocenters. The maximum absolute atomic E-state index is 11.1. The molecule has 1 aromatic carbocycles. The summed E-state index contributed by atoms with van der Waals surface area (Å²) in [6.45, 7) is 1.42. The van der Waals surface area contributed by atoms with Crippen LogP contribution in [0.2, 0.25) is 0 Å². The number of carboxylic acids is 1. The van der Waals surface area contributed by atoms with Crippen LogP contribution in [0.5, 0.6) is 0 Å². The molecule has 0 radical (unpaired) electrons. The highest BCUT2D eigenvalue weighted by Gasteiger charge is 2.23. The lowest BCUT2D eigenvalue weighted by atomic mass is 10.1. The minimum absolute atomic E-state index is 0.555. The van der Waals surface area contributed by atoms with Gasteiger partial charge in [0.25, 0.3) is 0 Å². The third-order valence-corrected chi connectivity index (χ3v) is 3.74. The molecule has 0 aliphatic rings. The minimum atomic E-state index is -1.12. The smallest absolute Gasteiger partial charge is 0.328 e. The van der Waals surface area contributed by atoms with Crippen LogP contribution in [0.1, 0.15) is 12.5 Å². The molecule has 1 aromatic heterocycles. The van der Waals surface area contributed by atoms with Gasteiger partial charge >= 0.3 is 5.97 Å². The van der Waals surface area contributed by atoms with Gasteiger partial charge in [0.05, 0.1) is 16.4 Å². The number of nitrogens with zero attached hydrogens (tertiary/aromatic N) is 1. The number of aliphatic hydroxyl groups excluding tert-OH is 1. The summed E-state index contributed by atoms with van der Waals surface area (Å²) in [7, 11) is 0. The molecule has 2 unspecified atom stereocenters. The maximum atomic E-state index is 11.1. The van der Waals surface area contributed by atoms with E-state index in [2.05, 4.69) is 11.4 Å². The maximum Gasteiger partial charge on any atom is 0.328 e. The molecule has 19 heavy (non-hydrogen) atoms. The van der Waals surface area contributed by atoms with Gasteiger partial charge in [-0.3, -0.25) is 0 Å². The minimum Gasteiger partial charge on any atom is -0.480 e. The van der Waals surface area contributed by atoms with Gasteiger partial charge in [0.2, 0.25) is 0 Å². The predicted molar refractivity (Wildman–Crippen MR) is 73.3 cm³/mol. The molecule has 0 saturated heterocycles. The number of thiophene rings is 1. The summed E-state index contributed by atoms with van der Waals surface area (Å²) < 4.78 is 0.808. The van der Waals surface area contributed by atoms with Gasteiger partial charge in [0.15, 0.2) is 6.04 Å². The number of hydrogen-bond donors (Lipinski definition) is 3. The lowest BCUT2D eigenvalue weighted by Gasteiger charge is -2.19. The van der Waals surface area contributed by atoms with Crippen LogP contribution in [0.25, 0.3) is 10.1 Å². The van der Waals surface area contributed by atoms with Gasteiger partial charge in [0.1, 0.15) is 6.07 Å². The Morgan fingerprint density at radius 3 is 2.79 bits per heavy atom. The van der Waals surface area contributed by atoms with Gasteiger partial charge in [0, 0.05) is 11.1 Å². The zero-order chi connectivity index (χ0) is 14.0. The van der Waals surface area contributed by atoms with Crippen molar-refractivity contribution in [3.63, 3.8) is 0 Å². The van der Waals surface area contributed by atoms with E-state index in [4.69, 9.17) is 10.4 Å². The number of carbonyl (C=O) groups is 1. The van der Waals surface area contributed by atoms with Crippen LogP contribution in [-0.2, 0) is 4.79 Å². The molecule has 98 valence electrons. The third-order valence-electron chi connectivity index (χ3n) is 2.80. The van der Waals surface area contributed by atoms with E-state index in [0.717, 1.165) is 10.1 Å². The number of benzene rings is 1. The Kier molecular flexibility index (Phi) is 3.69. The largest absolute Gasteiger partial charge is 0.480 e. The molecule has 3 N–H and O–H groups in total. The van der Waals surface area contributed by atoms with Crippen molar-refractivity contribution in [2.45, 2.75) is 19.1 Å². The number of hydrogen-bond acceptors (Lipinski definition) is 5. The Morgan fingerprint density at radius 1 is 1.47 bits per heavy atom. The van der Waals surface area contributed by atoms with Gasteiger partial charge < -0.3 is 15.5 Å². The molecule has 6 heteroatoms. The van der Waals surface area contributed by atoms with E-state index in [0.29, 0.717) is 11.3 Å². The van der Waals surface area contributed by atoms with Crippen LogP contribution in [0, 0.1) is 11.3 Å². The van der Waals surface area contributed by atoms with Crippen LogP contribution >= 0.6 is 11.3 Å². The molecule has 5 nitrogen and oxygen atoms in total. The summed E-state index contributed by atoms with van der Waals surface area (Å²) in [6.07, 6.45) is -1.03. The van der Waals surface area contributed by atoms with Crippen LogP contribution in [0.3, 0.4) is 0 Å². The Balaban J connectivity index is 2.44. The molecular formula is C13H12N2O3S. The zero-order valence-corrected chi connectivity index (χ0v) is 10.9. The number of anilines is 1. The zero-order valence-electron chi connectivity index (χ0n) is 10.1. The molecule has 2 rings (SSSR count). The van der Waals surface area contributed by atoms with Crippen LogP contribution < -0.4 is 5.32 Å². The Morgan fingerprint density at radius 2 is 2.21 bits per heavy atom. The molecule has 0 aliphatic heterocycles. The summed E-state index contributed by atoms with van der Waals surface area (Å²) in [6, 6.07) is 6.14. The van der Waals surface area contributed by atoms with Gasteiger partial charge in [-0.1, -0.05) is 0 Å². The third kappa shape index (κ3) is 2.52. The van der Waals surface area contributed by atoms with Crippen LogP contribution in [0.4, 0.5) is 5.69 Å². The van der Waals surface area contributed by atoms with E-state index >= 15 is 0 Å². The average Bonchev–Trinajstić information content (AvgIpc) is 2.84. The Labute approximate surface area is 113 Å². The normalized spacial score (nSPS) is 13.7. The standard InChI is InChI=1S/C13H12N2O3S/c1-7(16)11(13(17)18)15-10-3-2-8(6-14)12-9(10)4-5-19-12/h2-5,7,11,15-16H,1H3,(H,17,18). The van der Waals surface area contributed by atoms with Crippen molar-refractivity contribution in [2.75, 3.05) is 5.32 Å². The molecule has 0 bridgehead atoms. The van der Waals surface area contributed by atoms with Crippen molar-refractivity contribution in [1.82, 2.24) is 0 Å². The highest BCUT2D eigenvalue weighted by Crippen LogP contribution is 2.31. The summed E-state index contributed by atoms with van der Waals surface area (Å²) in [5.41, 5.74) is 1.16. The highest BCUT2D eigenvalue weighted by molar-refractivity contribution is 7.17. The predicted octanol–water partition coefficient (Wildman–Crippen LogP) is 2.02. The van der Waals surface area contributed by atoms with Crippen LogP contribution in [0.15, 0.2) is 23.6 Å². The second-order valence-electron chi connectivity index (χ2n) is 4.14. The van der Waals surface area contributed by atoms with E-state index in [1.54, 1.807) is 12.1 Å². The molecule has 0 spiro atoms. The first-order valence-corrected chi connectivity index (χ1v) is 6.50. The fraction of sp³-hybridized carbons (Fsp3) is 0.231. The van der Waals surface area contributed by atoms with E-state index in [-0.39, 0.29) is 0 Å². The van der Waals surface area contributed by atoms with Crippen molar-refractivity contribution >= 4 is 33.1 Å². The second kappa shape index (κ2) is 5.26. The Bertz CT molecular complexity index is 657. The number of aliphatic hydroxyl groups is 1. The SMILES string of the molecule is CC(O)C(Nc1ccc(C#N)c2sccc12)C(=O)O. The lowest BCUT2D eigenvalue weighted by Crippen LogP contribution is -2.38. The summed E-state index contributed by atoms with van der Waals surface area (Å²) >= 11 is 1.42. The van der Waals surface area contributed by atoms with Crippen molar-refractivity contribution in [1.29, 1.82) is 5.26 Å². The molecule has 0 fully saturated rings. The number of rotatable bonds is 4. The van der Waals surface area contributed by atoms with Crippen molar-refractivity contribution in [3.05, 3.63) is 29.1 Å². The molecular weight excluding hydrogens is 264 g/mol. The van der Waals surface area contributed by atoms with Crippen LogP contribution in [-0.4, -0.2) is 28.3 Å². The first-order chi connectivity index (χ1) is 9.04. The number of aliphatic carboxylic acids is 1. The molecule has 0 aliphatic carbocycles. The van der Waals surface area contributed by atoms with E-state index in [9.17, 15) is 9.90 Å². The van der Waals surface area contributed by atoms with Gasteiger partial charge in [-0.05, 0) is 30.5 Å². The lowest BCUT2D eigenvalue weighted by molar-refractivity contribution is -0.140. The first kappa shape index (κ1) is 13.3. The fourth-order valence-electron chi connectivity index (χ4n) is 1.83. The molecule has 1 heterocycles. The fourth-order valence-corrected chi connectivity index (χ4v) is 2.72. The van der Waals surface area contributed by atoms with E-state index in [1.165, 1.54) is 18.3 Å². The number of nitrogens with one attached hydrogen (secondary N) is 1. The first-order valence-electron chi connectivity index (χ1n) is 5.62. The Hall–Kier alpha value is -2.10. The molecule has 2 aromatic rings.